The van der Waals surface area contributed by atoms with Crippen LogP contribution in [0.25, 0.3) is 11.0 Å². The number of unbranched alkanes of at least 4 members (excludes halogenated alkanes) is 4. The minimum absolute atomic E-state index is 0.0638. The first-order valence-electron chi connectivity index (χ1n) is 15.8. The molecule has 2 aromatic heterocycles. The number of fused-ring (bicyclic) bond motifs is 1. The minimum atomic E-state index is -3.28. The fourth-order valence-electron chi connectivity index (χ4n) is 6.26. The van der Waals surface area contributed by atoms with Gasteiger partial charge in [0.25, 0.3) is 11.5 Å². The summed E-state index contributed by atoms with van der Waals surface area (Å²) in [7, 11) is 0. The Labute approximate surface area is 266 Å². The number of benzene rings is 1. The second kappa shape index (κ2) is 15.4. The van der Waals surface area contributed by atoms with Crippen molar-refractivity contribution in [2.75, 3.05) is 55.7 Å². The molecule has 2 aliphatic rings. The van der Waals surface area contributed by atoms with Crippen LogP contribution >= 0.6 is 11.9 Å². The van der Waals surface area contributed by atoms with Crippen LogP contribution in [0.1, 0.15) is 56.1 Å². The lowest BCUT2D eigenvalue weighted by Gasteiger charge is -2.34. The van der Waals surface area contributed by atoms with Crippen molar-refractivity contribution >= 4 is 40.8 Å². The highest BCUT2D eigenvalue weighted by molar-refractivity contribution is 7.96. The van der Waals surface area contributed by atoms with Crippen LogP contribution in [0, 0.1) is 11.7 Å². The predicted octanol–water partition coefficient (Wildman–Crippen LogP) is 5.18. The van der Waals surface area contributed by atoms with E-state index < -0.39 is 23.2 Å². The molecule has 0 unspecified atom stereocenters. The maximum absolute atomic E-state index is 15.6. The number of aryl methyl sites for hydroxylation is 1. The van der Waals surface area contributed by atoms with Crippen LogP contribution in [0.3, 0.4) is 0 Å². The number of hydrogen-bond acceptors (Lipinski definition) is 9. The van der Waals surface area contributed by atoms with E-state index in [1.807, 2.05) is 6.26 Å². The van der Waals surface area contributed by atoms with E-state index in [0.717, 1.165) is 45.1 Å². The summed E-state index contributed by atoms with van der Waals surface area (Å²) in [4.78, 5) is 35.5. The van der Waals surface area contributed by atoms with E-state index in [0.29, 0.717) is 61.7 Å². The zero-order valence-electron chi connectivity index (χ0n) is 25.7. The predicted molar refractivity (Wildman–Crippen MR) is 173 cm³/mol. The molecule has 0 atom stereocenters. The molecule has 0 amide bonds. The molecule has 9 nitrogen and oxygen atoms in total. The first-order valence-corrected chi connectivity index (χ1v) is 17.0. The van der Waals surface area contributed by atoms with E-state index >= 15 is 13.2 Å². The summed E-state index contributed by atoms with van der Waals surface area (Å²) in [5, 5.41) is 6.86. The number of nitrogens with zero attached hydrogens (tertiary/aromatic N) is 5. The second-order valence-electron chi connectivity index (χ2n) is 11.7. The summed E-state index contributed by atoms with van der Waals surface area (Å²) in [5.74, 6) is -4.70. The number of carbonyl (C=O) groups is 1. The van der Waals surface area contributed by atoms with Crippen molar-refractivity contribution in [3.63, 3.8) is 0 Å². The standard InChI is InChI=1S/C32H42F3N7O2S/c1-45-41-17-15-40(16-18-41)27-20-25-29(38-22-39-30(25)42(31(27)44)14-5-3-2-4-6-19-43)37-21-23-8-7-9-26(28(23)33)32(34,35)24-10-12-36-13-11-24/h7-9,19-20,22,24,36H,2-6,10-18,21H2,1H3,(H,37,38,39). The van der Waals surface area contributed by atoms with Crippen LogP contribution in [0.2, 0.25) is 0 Å². The summed E-state index contributed by atoms with van der Waals surface area (Å²) < 4.78 is 50.4. The topological polar surface area (TPSA) is 95.4 Å². The van der Waals surface area contributed by atoms with E-state index in [9.17, 15) is 9.59 Å². The highest BCUT2D eigenvalue weighted by Gasteiger charge is 2.43. The number of nitrogens with one attached hydrogen (secondary N) is 2. The lowest BCUT2D eigenvalue weighted by atomic mass is 9.86. The molecule has 4 heterocycles. The Morgan fingerprint density at radius 3 is 2.58 bits per heavy atom. The number of hydrogen-bond donors (Lipinski definition) is 2. The molecule has 5 rings (SSSR count). The Hall–Kier alpha value is -3.16. The molecule has 2 fully saturated rings. The van der Waals surface area contributed by atoms with Crippen molar-refractivity contribution in [2.24, 2.45) is 5.92 Å². The van der Waals surface area contributed by atoms with Gasteiger partial charge in [-0.05, 0) is 51.1 Å². The Morgan fingerprint density at radius 1 is 1.09 bits per heavy atom. The van der Waals surface area contributed by atoms with E-state index in [2.05, 4.69) is 29.8 Å². The molecule has 2 saturated heterocycles. The van der Waals surface area contributed by atoms with Crippen molar-refractivity contribution in [1.82, 2.24) is 24.2 Å². The SMILES string of the molecule is CSN1CCN(c2cc3c(NCc4cccc(C(F)(F)C5CCNCC5)c4F)ncnc3n(CCCCCCC=O)c2=O)CC1. The van der Waals surface area contributed by atoms with Gasteiger partial charge < -0.3 is 20.3 Å². The first-order chi connectivity index (χ1) is 21.8. The molecule has 0 bridgehead atoms. The van der Waals surface area contributed by atoms with Crippen molar-refractivity contribution in [3.8, 4) is 0 Å². The Bertz CT molecular complexity index is 1510. The molecule has 2 aliphatic heterocycles. The number of rotatable bonds is 14. The second-order valence-corrected chi connectivity index (χ2v) is 12.6. The molecule has 244 valence electrons. The van der Waals surface area contributed by atoms with Crippen LogP contribution in [-0.2, 0) is 23.8 Å². The Morgan fingerprint density at radius 2 is 1.84 bits per heavy atom. The number of piperazine rings is 1. The molecule has 0 spiro atoms. The number of piperidine rings is 1. The van der Waals surface area contributed by atoms with Gasteiger partial charge in [-0.3, -0.25) is 9.36 Å². The smallest absolute Gasteiger partial charge is 0.278 e. The van der Waals surface area contributed by atoms with Gasteiger partial charge in [0, 0.05) is 57.2 Å². The maximum Gasteiger partial charge on any atom is 0.278 e. The van der Waals surface area contributed by atoms with Crippen molar-refractivity contribution in [3.05, 3.63) is 57.9 Å². The zero-order valence-corrected chi connectivity index (χ0v) is 26.6. The molecule has 13 heteroatoms. The van der Waals surface area contributed by atoms with E-state index in [1.165, 1.54) is 24.5 Å². The monoisotopic (exact) mass is 645 g/mol. The minimum Gasteiger partial charge on any atom is -0.365 e. The van der Waals surface area contributed by atoms with Crippen LogP contribution in [0.4, 0.5) is 24.7 Å². The summed E-state index contributed by atoms with van der Waals surface area (Å²) in [6.45, 7) is 4.36. The van der Waals surface area contributed by atoms with Crippen LogP contribution in [0.5, 0.6) is 0 Å². The third kappa shape index (κ3) is 7.63. The van der Waals surface area contributed by atoms with Crippen molar-refractivity contribution in [2.45, 2.75) is 64.0 Å². The van der Waals surface area contributed by atoms with Crippen LogP contribution in [0.15, 0.2) is 35.4 Å². The highest BCUT2D eigenvalue weighted by atomic mass is 32.2. The van der Waals surface area contributed by atoms with Gasteiger partial charge in [-0.25, -0.2) is 27.4 Å². The summed E-state index contributed by atoms with van der Waals surface area (Å²) >= 11 is 1.68. The highest BCUT2D eigenvalue weighted by Crippen LogP contribution is 2.42. The number of alkyl halides is 2. The van der Waals surface area contributed by atoms with Crippen LogP contribution in [-0.4, -0.2) is 70.7 Å². The van der Waals surface area contributed by atoms with Crippen molar-refractivity contribution < 1.29 is 18.0 Å². The van der Waals surface area contributed by atoms with Crippen molar-refractivity contribution in [1.29, 1.82) is 0 Å². The van der Waals surface area contributed by atoms with Gasteiger partial charge in [0.15, 0.2) is 0 Å². The summed E-state index contributed by atoms with van der Waals surface area (Å²) in [5.41, 5.74) is 0.428. The molecular formula is C32H42F3N7O2S. The van der Waals surface area contributed by atoms with Gasteiger partial charge in [0.2, 0.25) is 0 Å². The number of pyridine rings is 1. The first kappa shape index (κ1) is 33.2. The number of halogens is 3. The average molecular weight is 646 g/mol. The number of anilines is 2. The quantitative estimate of drug-likeness (QED) is 0.140. The number of aromatic nitrogens is 3. The Kier molecular flexibility index (Phi) is 11.4. The molecule has 45 heavy (non-hydrogen) atoms. The van der Waals surface area contributed by atoms with Gasteiger partial charge in [0.1, 0.15) is 35.6 Å². The fraction of sp³-hybridized carbons (Fsp3) is 0.562. The molecule has 0 aliphatic carbocycles. The average Bonchev–Trinajstić information content (AvgIpc) is 3.07. The lowest BCUT2D eigenvalue weighted by Crippen LogP contribution is -2.45. The third-order valence-corrected chi connectivity index (χ3v) is 9.77. The van der Waals surface area contributed by atoms with E-state index in [4.69, 9.17) is 0 Å². The zero-order chi connectivity index (χ0) is 31.8. The van der Waals surface area contributed by atoms with Gasteiger partial charge in [-0.1, -0.05) is 43.0 Å². The third-order valence-electron chi connectivity index (χ3n) is 8.89. The lowest BCUT2D eigenvalue weighted by molar-refractivity contribution is -0.107. The largest absolute Gasteiger partial charge is 0.365 e. The van der Waals surface area contributed by atoms with E-state index in [1.54, 1.807) is 22.6 Å². The summed E-state index contributed by atoms with van der Waals surface area (Å²) in [6.07, 6.45) is 8.75. The normalized spacial score (nSPS) is 16.8. The molecular weight excluding hydrogens is 603 g/mol. The van der Waals surface area contributed by atoms with Gasteiger partial charge in [0.05, 0.1) is 10.9 Å². The molecule has 3 aromatic rings. The maximum atomic E-state index is 15.6. The fourth-order valence-corrected chi connectivity index (χ4v) is 6.79. The number of carbonyl (C=O) groups excluding carboxylic acids is 1. The van der Waals surface area contributed by atoms with Gasteiger partial charge in [-0.2, -0.15) is 0 Å². The van der Waals surface area contributed by atoms with E-state index in [-0.39, 0.29) is 30.5 Å². The molecule has 0 radical (unpaired) electrons. The molecule has 2 N–H and O–H groups in total. The van der Waals surface area contributed by atoms with Crippen LogP contribution < -0.4 is 21.1 Å². The molecule has 0 saturated carbocycles. The molecule has 1 aromatic carbocycles. The van der Waals surface area contributed by atoms with Gasteiger partial charge in [-0.15, -0.1) is 0 Å². The summed E-state index contributed by atoms with van der Waals surface area (Å²) in [6, 6.07) is 5.96. The van der Waals surface area contributed by atoms with Gasteiger partial charge >= 0.3 is 0 Å². The number of aldehydes is 1. The Balaban J connectivity index is 1.43.